The van der Waals surface area contributed by atoms with Crippen LogP contribution >= 0.6 is 11.3 Å². The zero-order valence-electron chi connectivity index (χ0n) is 11.9. The largest absolute Gasteiger partial charge is 0.448 e. The van der Waals surface area contributed by atoms with Gasteiger partial charge in [0, 0.05) is 10.9 Å². The van der Waals surface area contributed by atoms with Gasteiger partial charge in [-0.15, -0.1) is 11.3 Å². The van der Waals surface area contributed by atoms with Crippen molar-refractivity contribution in [2.24, 2.45) is 5.73 Å². The summed E-state index contributed by atoms with van der Waals surface area (Å²) < 4.78 is 17.8. The molecule has 0 radical (unpaired) electrons. The van der Waals surface area contributed by atoms with Crippen LogP contribution in [0.1, 0.15) is 17.4 Å². The van der Waals surface area contributed by atoms with E-state index >= 15 is 0 Å². The SMILES string of the molecule is C[C@H](OC(=O)c1csc(-c2ccc(F)cc2)n1)C(=O)NC(N)=O. The lowest BCUT2D eigenvalue weighted by Gasteiger charge is -2.10. The molecule has 2 aromatic rings. The van der Waals surface area contributed by atoms with Crippen molar-refractivity contribution in [3.05, 3.63) is 41.2 Å². The monoisotopic (exact) mass is 337 g/mol. The van der Waals surface area contributed by atoms with E-state index in [0.717, 1.165) is 0 Å². The van der Waals surface area contributed by atoms with E-state index in [9.17, 15) is 18.8 Å². The molecule has 0 fully saturated rings. The third-order valence-corrected chi connectivity index (χ3v) is 3.60. The van der Waals surface area contributed by atoms with Crippen LogP contribution in [-0.4, -0.2) is 29.0 Å². The minimum atomic E-state index is -1.20. The number of thiazole rings is 1. The van der Waals surface area contributed by atoms with Crippen molar-refractivity contribution in [2.75, 3.05) is 0 Å². The number of nitrogens with two attached hydrogens (primary N) is 1. The molecular weight excluding hydrogens is 325 g/mol. The number of benzene rings is 1. The Morgan fingerprint density at radius 3 is 2.57 bits per heavy atom. The highest BCUT2D eigenvalue weighted by molar-refractivity contribution is 7.13. The Hall–Kier alpha value is -2.81. The van der Waals surface area contributed by atoms with Crippen molar-refractivity contribution < 1.29 is 23.5 Å². The third-order valence-electron chi connectivity index (χ3n) is 2.70. The summed E-state index contributed by atoms with van der Waals surface area (Å²) in [6.07, 6.45) is -1.20. The molecule has 120 valence electrons. The van der Waals surface area contributed by atoms with Crippen molar-refractivity contribution in [3.8, 4) is 10.6 Å². The Balaban J connectivity index is 2.05. The summed E-state index contributed by atoms with van der Waals surface area (Å²) in [7, 11) is 0. The van der Waals surface area contributed by atoms with Gasteiger partial charge >= 0.3 is 12.0 Å². The van der Waals surface area contributed by atoms with E-state index in [4.69, 9.17) is 10.5 Å². The zero-order chi connectivity index (χ0) is 17.0. The summed E-state index contributed by atoms with van der Waals surface area (Å²) in [5, 5.41) is 3.77. The number of primary amides is 1. The van der Waals surface area contributed by atoms with Crippen LogP contribution in [0.4, 0.5) is 9.18 Å². The van der Waals surface area contributed by atoms with E-state index in [2.05, 4.69) is 4.98 Å². The van der Waals surface area contributed by atoms with Crippen molar-refractivity contribution >= 4 is 29.2 Å². The molecule has 0 aliphatic heterocycles. The molecule has 3 N–H and O–H groups in total. The van der Waals surface area contributed by atoms with Crippen molar-refractivity contribution in [3.63, 3.8) is 0 Å². The standard InChI is InChI=1S/C14H12FN3O4S/c1-7(11(19)18-14(16)21)22-13(20)10-6-23-12(17-10)8-2-4-9(15)5-3-8/h2-7H,1H3,(H3,16,18,19,21)/t7-/m0/s1. The summed E-state index contributed by atoms with van der Waals surface area (Å²) in [6.45, 7) is 1.30. The first-order chi connectivity index (χ1) is 10.9. The van der Waals surface area contributed by atoms with Crippen LogP contribution in [-0.2, 0) is 9.53 Å². The molecule has 1 heterocycles. The van der Waals surface area contributed by atoms with E-state index in [1.807, 2.05) is 0 Å². The second-order valence-corrected chi connectivity index (χ2v) is 5.30. The highest BCUT2D eigenvalue weighted by Crippen LogP contribution is 2.24. The van der Waals surface area contributed by atoms with Crippen LogP contribution in [0.15, 0.2) is 29.6 Å². The average Bonchev–Trinajstić information content (AvgIpc) is 2.97. The average molecular weight is 337 g/mol. The fourth-order valence-corrected chi connectivity index (χ4v) is 2.39. The number of amides is 3. The molecule has 1 atom stereocenters. The van der Waals surface area contributed by atoms with Crippen LogP contribution in [0, 0.1) is 5.82 Å². The van der Waals surface area contributed by atoms with Crippen molar-refractivity contribution in [1.29, 1.82) is 0 Å². The molecule has 0 saturated carbocycles. The highest BCUT2D eigenvalue weighted by Gasteiger charge is 2.21. The number of imide groups is 1. The minimum Gasteiger partial charge on any atom is -0.448 e. The van der Waals surface area contributed by atoms with Gasteiger partial charge in [0.2, 0.25) is 0 Å². The fraction of sp³-hybridized carbons (Fsp3) is 0.143. The number of ether oxygens (including phenoxy) is 1. The normalized spacial score (nSPS) is 11.6. The van der Waals surface area contributed by atoms with Gasteiger partial charge < -0.3 is 10.5 Å². The van der Waals surface area contributed by atoms with E-state index in [1.54, 1.807) is 5.32 Å². The molecule has 1 aromatic carbocycles. The molecule has 3 amide bonds. The van der Waals surface area contributed by atoms with E-state index in [1.165, 1.54) is 47.9 Å². The van der Waals surface area contributed by atoms with E-state index < -0.39 is 24.0 Å². The number of urea groups is 1. The molecule has 0 aliphatic carbocycles. The van der Waals surface area contributed by atoms with Crippen LogP contribution in [0.5, 0.6) is 0 Å². The van der Waals surface area contributed by atoms with Gasteiger partial charge in [0.25, 0.3) is 5.91 Å². The Kier molecular flexibility index (Phi) is 5.02. The van der Waals surface area contributed by atoms with Gasteiger partial charge in [-0.3, -0.25) is 10.1 Å². The smallest absolute Gasteiger partial charge is 0.358 e. The molecule has 0 bridgehead atoms. The summed E-state index contributed by atoms with van der Waals surface area (Å²) >= 11 is 1.17. The first kappa shape index (κ1) is 16.6. The predicted molar refractivity (Wildman–Crippen MR) is 80.1 cm³/mol. The van der Waals surface area contributed by atoms with E-state index in [0.29, 0.717) is 10.6 Å². The second-order valence-electron chi connectivity index (χ2n) is 4.45. The maximum Gasteiger partial charge on any atom is 0.358 e. The molecule has 23 heavy (non-hydrogen) atoms. The number of hydrogen-bond acceptors (Lipinski definition) is 6. The summed E-state index contributed by atoms with van der Waals surface area (Å²) in [5.41, 5.74) is 5.46. The molecule has 1 aromatic heterocycles. The number of nitrogens with zero attached hydrogens (tertiary/aromatic N) is 1. The summed E-state index contributed by atoms with van der Waals surface area (Å²) in [4.78, 5) is 38.0. The number of carbonyl (C=O) groups excluding carboxylic acids is 3. The summed E-state index contributed by atoms with van der Waals surface area (Å²) in [5.74, 6) is -2.03. The van der Waals surface area contributed by atoms with Gasteiger partial charge in [-0.2, -0.15) is 0 Å². The number of aromatic nitrogens is 1. The van der Waals surface area contributed by atoms with Gasteiger partial charge in [-0.05, 0) is 31.2 Å². The van der Waals surface area contributed by atoms with E-state index in [-0.39, 0.29) is 11.5 Å². The topological polar surface area (TPSA) is 111 Å². The van der Waals surface area contributed by atoms with Crippen LogP contribution in [0.25, 0.3) is 10.6 Å². The molecular formula is C14H12FN3O4S. The molecule has 2 rings (SSSR count). The minimum absolute atomic E-state index is 0.00745. The number of halogens is 1. The first-order valence-electron chi connectivity index (χ1n) is 6.39. The van der Waals surface area contributed by atoms with Crippen LogP contribution in [0.2, 0.25) is 0 Å². The second kappa shape index (κ2) is 6.97. The third kappa shape index (κ3) is 4.33. The Labute approximate surface area is 134 Å². The zero-order valence-corrected chi connectivity index (χ0v) is 12.7. The van der Waals surface area contributed by atoms with Gasteiger partial charge in [-0.1, -0.05) is 0 Å². The molecule has 0 saturated heterocycles. The first-order valence-corrected chi connectivity index (χ1v) is 7.27. The lowest BCUT2D eigenvalue weighted by molar-refractivity contribution is -0.127. The van der Waals surface area contributed by atoms with Crippen molar-refractivity contribution in [2.45, 2.75) is 13.0 Å². The lowest BCUT2D eigenvalue weighted by atomic mass is 10.2. The fourth-order valence-electron chi connectivity index (χ4n) is 1.59. The van der Waals surface area contributed by atoms with Gasteiger partial charge in [-0.25, -0.2) is 19.0 Å². The van der Waals surface area contributed by atoms with Gasteiger partial charge in [0.15, 0.2) is 11.8 Å². The number of rotatable bonds is 4. The predicted octanol–water partition coefficient (Wildman–Crippen LogP) is 1.69. The number of esters is 1. The van der Waals surface area contributed by atoms with Gasteiger partial charge in [0.05, 0.1) is 0 Å². The Bertz CT molecular complexity index is 745. The molecule has 0 aliphatic rings. The number of nitrogens with one attached hydrogen (secondary N) is 1. The van der Waals surface area contributed by atoms with Crippen LogP contribution in [0.3, 0.4) is 0 Å². The number of hydrogen-bond donors (Lipinski definition) is 2. The molecule has 9 heteroatoms. The quantitative estimate of drug-likeness (QED) is 0.825. The Morgan fingerprint density at radius 1 is 1.30 bits per heavy atom. The van der Waals surface area contributed by atoms with Crippen molar-refractivity contribution in [1.82, 2.24) is 10.3 Å². The molecule has 0 unspecified atom stereocenters. The van der Waals surface area contributed by atoms with Crippen LogP contribution < -0.4 is 11.1 Å². The molecule has 7 nitrogen and oxygen atoms in total. The maximum atomic E-state index is 12.9. The molecule has 0 spiro atoms. The summed E-state index contributed by atoms with van der Waals surface area (Å²) in [6, 6.07) is 4.60. The number of carbonyl (C=O) groups is 3. The highest BCUT2D eigenvalue weighted by atomic mass is 32.1. The Morgan fingerprint density at radius 2 is 1.96 bits per heavy atom. The van der Waals surface area contributed by atoms with Gasteiger partial charge in [0.1, 0.15) is 10.8 Å². The lowest BCUT2D eigenvalue weighted by Crippen LogP contribution is -2.42. The maximum absolute atomic E-state index is 12.9.